The van der Waals surface area contributed by atoms with E-state index >= 15 is 0 Å². The lowest BCUT2D eigenvalue weighted by Crippen LogP contribution is -2.53. The van der Waals surface area contributed by atoms with Crippen LogP contribution in [0, 0.1) is 5.41 Å². The van der Waals surface area contributed by atoms with Gasteiger partial charge in [0.25, 0.3) is 16.4 Å². The van der Waals surface area contributed by atoms with E-state index in [4.69, 9.17) is 18.4 Å². The molecule has 2 N–H and O–H groups in total. The van der Waals surface area contributed by atoms with E-state index in [1.165, 1.54) is 20.8 Å². The third-order valence-electron chi connectivity index (χ3n) is 4.39. The van der Waals surface area contributed by atoms with Gasteiger partial charge in [-0.05, 0) is 27.2 Å². The molecule has 182 valence electrons. The third-order valence-corrected chi connectivity index (χ3v) is 5.66. The lowest BCUT2D eigenvalue weighted by atomic mass is 9.76. The van der Waals surface area contributed by atoms with Gasteiger partial charge in [-0.15, -0.1) is 0 Å². The molecule has 0 aromatic heterocycles. The Morgan fingerprint density at radius 1 is 1.06 bits per heavy atom. The lowest BCUT2D eigenvalue weighted by Gasteiger charge is -2.37. The summed E-state index contributed by atoms with van der Waals surface area (Å²) >= 11 is 0. The smallest absolute Gasteiger partial charge is 0.431 e. The van der Waals surface area contributed by atoms with Crippen molar-refractivity contribution in [3.8, 4) is 0 Å². The van der Waals surface area contributed by atoms with E-state index in [2.05, 4.69) is 5.32 Å². The van der Waals surface area contributed by atoms with Gasteiger partial charge in [0.1, 0.15) is 0 Å². The van der Waals surface area contributed by atoms with Crippen molar-refractivity contribution >= 4 is 28.1 Å². The number of carbonyl (C=O) groups is 3. The monoisotopic (exact) mass is 469 g/mol. The van der Waals surface area contributed by atoms with Crippen LogP contribution in [0.1, 0.15) is 61.3 Å². The van der Waals surface area contributed by atoms with Gasteiger partial charge in [0.05, 0.1) is 18.5 Å². The highest BCUT2D eigenvalue weighted by Gasteiger charge is 2.49. The fourth-order valence-electron chi connectivity index (χ4n) is 1.98. The summed E-state index contributed by atoms with van der Waals surface area (Å²) in [5.74, 6) is -1.74. The minimum absolute atomic E-state index is 0.106. The Kier molecular flexibility index (Phi) is 11.4. The van der Waals surface area contributed by atoms with E-state index in [0.717, 1.165) is 6.92 Å². The first-order valence-corrected chi connectivity index (χ1v) is 11.5. The van der Waals surface area contributed by atoms with E-state index in [9.17, 15) is 27.9 Å². The molecule has 0 saturated carbocycles. The molecule has 11 nitrogen and oxygen atoms in total. The largest absolute Gasteiger partial charge is 0.511 e. The maximum atomic E-state index is 12.5. The fourth-order valence-corrected chi connectivity index (χ4v) is 3.07. The van der Waals surface area contributed by atoms with Crippen LogP contribution >= 0.6 is 0 Å². The van der Waals surface area contributed by atoms with Gasteiger partial charge >= 0.3 is 12.1 Å². The molecule has 0 bridgehead atoms. The summed E-state index contributed by atoms with van der Waals surface area (Å²) in [6.45, 7) is 9.82. The van der Waals surface area contributed by atoms with E-state index in [0.29, 0.717) is 0 Å². The standard InChI is InChI=1S/C19H35NO10S/c1-8-15(30-17(23)28-13(2)3)29-16(22)19(7,24)18(5,6)12-27-31(25,26)11-9-10-20-14(4)21/h13,15,24H,8-12H2,1-7H3,(H,20,21)/t15?,19-/m0/s1. The summed E-state index contributed by atoms with van der Waals surface area (Å²) in [4.78, 5) is 34.9. The maximum Gasteiger partial charge on any atom is 0.511 e. The van der Waals surface area contributed by atoms with Crippen LogP contribution in [-0.2, 0) is 38.1 Å². The van der Waals surface area contributed by atoms with Gasteiger partial charge in [-0.2, -0.15) is 8.42 Å². The molecule has 0 aliphatic heterocycles. The van der Waals surface area contributed by atoms with Crippen molar-refractivity contribution in [2.75, 3.05) is 18.9 Å². The summed E-state index contributed by atoms with van der Waals surface area (Å²) in [7, 11) is -3.95. The molecule has 1 unspecified atom stereocenters. The van der Waals surface area contributed by atoms with Gasteiger partial charge in [-0.3, -0.25) is 8.98 Å². The molecular formula is C19H35NO10S. The van der Waals surface area contributed by atoms with E-state index in [1.54, 1.807) is 20.8 Å². The molecule has 1 amide bonds. The molecule has 0 aliphatic rings. The van der Waals surface area contributed by atoms with Gasteiger partial charge in [0, 0.05) is 25.3 Å². The number of nitrogens with one attached hydrogen (secondary N) is 1. The van der Waals surface area contributed by atoms with Crippen molar-refractivity contribution in [2.45, 2.75) is 79.3 Å². The molecule has 12 heteroatoms. The lowest BCUT2D eigenvalue weighted by molar-refractivity contribution is -0.203. The van der Waals surface area contributed by atoms with Gasteiger partial charge in [-0.1, -0.05) is 20.8 Å². The van der Waals surface area contributed by atoms with Crippen molar-refractivity contribution in [2.24, 2.45) is 5.41 Å². The van der Waals surface area contributed by atoms with Crippen LogP contribution < -0.4 is 5.32 Å². The van der Waals surface area contributed by atoms with Gasteiger partial charge < -0.3 is 24.6 Å². The molecule has 0 rings (SSSR count). The van der Waals surface area contributed by atoms with Gasteiger partial charge in [0.2, 0.25) is 5.91 Å². The summed E-state index contributed by atoms with van der Waals surface area (Å²) < 4.78 is 43.9. The van der Waals surface area contributed by atoms with Gasteiger partial charge in [0.15, 0.2) is 5.60 Å². The van der Waals surface area contributed by atoms with Crippen LogP contribution in [-0.4, -0.2) is 68.5 Å². The number of aliphatic hydroxyl groups is 1. The predicted molar refractivity (Wildman–Crippen MR) is 110 cm³/mol. The Balaban J connectivity index is 4.94. The predicted octanol–water partition coefficient (Wildman–Crippen LogP) is 1.48. The number of ether oxygens (including phenoxy) is 3. The summed E-state index contributed by atoms with van der Waals surface area (Å²) in [6, 6.07) is 0. The van der Waals surface area contributed by atoms with E-state index in [1.807, 2.05) is 0 Å². The average Bonchev–Trinajstić information content (AvgIpc) is 2.62. The molecular weight excluding hydrogens is 434 g/mol. The minimum Gasteiger partial charge on any atom is -0.431 e. The number of rotatable bonds is 13. The number of hydrogen-bond acceptors (Lipinski definition) is 10. The van der Waals surface area contributed by atoms with Crippen LogP contribution in [0.5, 0.6) is 0 Å². The zero-order valence-electron chi connectivity index (χ0n) is 19.2. The second-order valence-corrected chi connectivity index (χ2v) is 9.85. The van der Waals surface area contributed by atoms with Crippen molar-refractivity contribution < 1.29 is 46.3 Å². The van der Waals surface area contributed by atoms with Crippen molar-refractivity contribution in [3.63, 3.8) is 0 Å². The highest BCUT2D eigenvalue weighted by molar-refractivity contribution is 7.86. The molecule has 0 spiro atoms. The Bertz CT molecular complexity index is 715. The highest BCUT2D eigenvalue weighted by atomic mass is 32.2. The molecule has 0 radical (unpaired) electrons. The molecule has 0 aliphatic carbocycles. The van der Waals surface area contributed by atoms with Crippen molar-refractivity contribution in [1.82, 2.24) is 5.32 Å². The average molecular weight is 470 g/mol. The maximum absolute atomic E-state index is 12.5. The summed E-state index contributed by atoms with van der Waals surface area (Å²) in [6.07, 6.45) is -2.50. The van der Waals surface area contributed by atoms with Gasteiger partial charge in [-0.25, -0.2) is 9.59 Å². The van der Waals surface area contributed by atoms with E-state index < -0.39 is 52.3 Å². The SMILES string of the molecule is CCC(OC(=O)OC(C)C)OC(=O)[C@](C)(O)C(C)(C)COS(=O)(=O)CCCNC(C)=O. The molecule has 0 aromatic rings. The Labute approximate surface area is 183 Å². The molecule has 0 aromatic carbocycles. The number of amides is 1. The quantitative estimate of drug-likeness (QED) is 0.175. The Hall–Kier alpha value is -1.92. The molecule has 0 heterocycles. The Morgan fingerprint density at radius 2 is 1.65 bits per heavy atom. The normalized spacial score (nSPS) is 15.0. The second kappa shape index (κ2) is 12.2. The van der Waals surface area contributed by atoms with Crippen LogP contribution in [0.4, 0.5) is 4.79 Å². The first-order valence-electron chi connectivity index (χ1n) is 9.96. The number of hydrogen-bond donors (Lipinski definition) is 2. The molecule has 0 fully saturated rings. The van der Waals surface area contributed by atoms with Crippen LogP contribution in [0.25, 0.3) is 0 Å². The first kappa shape index (κ1) is 29.1. The van der Waals surface area contributed by atoms with E-state index in [-0.39, 0.29) is 31.0 Å². The molecule has 2 atom stereocenters. The zero-order valence-corrected chi connectivity index (χ0v) is 20.0. The van der Waals surface area contributed by atoms with Crippen LogP contribution in [0.15, 0.2) is 0 Å². The molecule has 31 heavy (non-hydrogen) atoms. The fraction of sp³-hybridized carbons (Fsp3) is 0.842. The molecule has 0 saturated heterocycles. The minimum atomic E-state index is -3.95. The Morgan fingerprint density at radius 3 is 2.13 bits per heavy atom. The van der Waals surface area contributed by atoms with Crippen molar-refractivity contribution in [3.05, 3.63) is 0 Å². The highest BCUT2D eigenvalue weighted by Crippen LogP contribution is 2.33. The summed E-state index contributed by atoms with van der Waals surface area (Å²) in [5.41, 5.74) is -3.55. The number of carbonyl (C=O) groups excluding carboxylic acids is 3. The first-order chi connectivity index (χ1) is 14.0. The topological polar surface area (TPSA) is 155 Å². The van der Waals surface area contributed by atoms with Crippen molar-refractivity contribution in [1.29, 1.82) is 0 Å². The van der Waals surface area contributed by atoms with Crippen LogP contribution in [0.3, 0.4) is 0 Å². The van der Waals surface area contributed by atoms with Crippen LogP contribution in [0.2, 0.25) is 0 Å². The zero-order chi connectivity index (χ0) is 24.5. The number of esters is 1. The summed E-state index contributed by atoms with van der Waals surface area (Å²) in [5, 5.41) is 13.2. The second-order valence-electron chi connectivity index (χ2n) is 8.09. The third kappa shape index (κ3) is 10.8.